The van der Waals surface area contributed by atoms with E-state index in [-0.39, 0.29) is 12.6 Å². The number of hydrogen-bond acceptors (Lipinski definition) is 1. The van der Waals surface area contributed by atoms with Gasteiger partial charge in [0.25, 0.3) is 0 Å². The smallest absolute Gasteiger partial charge is 0.247 e. The van der Waals surface area contributed by atoms with E-state index in [4.69, 9.17) is 0 Å². The zero-order valence-corrected chi connectivity index (χ0v) is 41.8. The fourth-order valence-electron chi connectivity index (χ4n) is 13.0. The summed E-state index contributed by atoms with van der Waals surface area (Å²) in [5.41, 5.74) is 27.1. The van der Waals surface area contributed by atoms with Crippen molar-refractivity contribution in [2.24, 2.45) is 0 Å². The highest BCUT2D eigenvalue weighted by Gasteiger charge is 2.44. The van der Waals surface area contributed by atoms with Gasteiger partial charge in [0, 0.05) is 44.9 Å². The van der Waals surface area contributed by atoms with Gasteiger partial charge in [0.1, 0.15) is 0 Å². The molecule has 0 fully saturated rings. The number of para-hydroxylation sites is 3. The van der Waals surface area contributed by atoms with Crippen LogP contribution in [0, 0.1) is 0 Å². The van der Waals surface area contributed by atoms with Gasteiger partial charge in [-0.15, -0.1) is 0 Å². The topological polar surface area (TPSA) is 8.17 Å². The van der Waals surface area contributed by atoms with Crippen molar-refractivity contribution in [2.75, 3.05) is 4.90 Å². The van der Waals surface area contributed by atoms with Crippen LogP contribution in [-0.2, 0) is 0 Å². The van der Waals surface area contributed by atoms with E-state index in [0.717, 1.165) is 11.4 Å². The van der Waals surface area contributed by atoms with Crippen molar-refractivity contribution in [1.82, 2.24) is 4.57 Å². The van der Waals surface area contributed by atoms with E-state index in [1.54, 1.807) is 0 Å². The summed E-state index contributed by atoms with van der Waals surface area (Å²) < 4.78 is 2.52. The second kappa shape index (κ2) is 18.1. The molecule has 76 heavy (non-hydrogen) atoms. The first kappa shape index (κ1) is 43.8. The van der Waals surface area contributed by atoms with Crippen LogP contribution in [0.3, 0.4) is 0 Å². The predicted octanol–water partition coefficient (Wildman–Crippen LogP) is 16.9. The third kappa shape index (κ3) is 6.97. The molecule has 1 unspecified atom stereocenters. The van der Waals surface area contributed by atoms with E-state index in [0.29, 0.717) is 0 Å². The van der Waals surface area contributed by atoms with Crippen LogP contribution in [0.1, 0.15) is 22.6 Å². The monoisotopic (exact) mass is 964 g/mol. The van der Waals surface area contributed by atoms with Gasteiger partial charge in [0.15, 0.2) is 0 Å². The van der Waals surface area contributed by atoms with Crippen LogP contribution >= 0.6 is 0 Å². The zero-order chi connectivity index (χ0) is 50.1. The average Bonchev–Trinajstić information content (AvgIpc) is 3.85. The summed E-state index contributed by atoms with van der Waals surface area (Å²) in [7, 11) is 0. The van der Waals surface area contributed by atoms with Crippen LogP contribution in [0.15, 0.2) is 291 Å². The van der Waals surface area contributed by atoms with Gasteiger partial charge in [-0.25, -0.2) is 0 Å². The number of fused-ring (bicyclic) bond motifs is 7. The van der Waals surface area contributed by atoms with Crippen LogP contribution in [0.25, 0.3) is 83.1 Å². The Labute approximate surface area is 444 Å². The van der Waals surface area contributed by atoms with E-state index < -0.39 is 0 Å². The Morgan fingerprint density at radius 1 is 0.289 bits per heavy atom. The van der Waals surface area contributed by atoms with Crippen LogP contribution in [0.4, 0.5) is 17.1 Å². The Morgan fingerprint density at radius 2 is 0.789 bits per heavy atom. The third-order valence-corrected chi connectivity index (χ3v) is 16.2. The van der Waals surface area contributed by atoms with E-state index >= 15 is 0 Å². The van der Waals surface area contributed by atoms with Gasteiger partial charge in [-0.1, -0.05) is 266 Å². The van der Waals surface area contributed by atoms with Crippen LogP contribution in [0.5, 0.6) is 0 Å². The minimum Gasteiger partial charge on any atom is -0.311 e. The maximum absolute atomic E-state index is 2.60. The molecule has 15 rings (SSSR count). The summed E-state index contributed by atoms with van der Waals surface area (Å²) in [5.74, 6) is -0.0671. The number of rotatable bonds is 8. The van der Waals surface area contributed by atoms with E-state index in [1.807, 2.05) is 0 Å². The molecule has 1 aromatic heterocycles. The molecular formula is C73H49BN2. The van der Waals surface area contributed by atoms with E-state index in [1.165, 1.54) is 122 Å². The Morgan fingerprint density at radius 3 is 1.51 bits per heavy atom. The van der Waals surface area contributed by atoms with Crippen molar-refractivity contribution in [3.63, 3.8) is 0 Å². The minimum atomic E-state index is -0.0671. The molecule has 354 valence electrons. The second-order valence-corrected chi connectivity index (χ2v) is 20.2. The van der Waals surface area contributed by atoms with Crippen molar-refractivity contribution in [3.8, 4) is 61.3 Å². The van der Waals surface area contributed by atoms with Gasteiger partial charge in [0.2, 0.25) is 6.71 Å². The lowest BCUT2D eigenvalue weighted by molar-refractivity contribution is 0.987. The lowest BCUT2D eigenvalue weighted by Gasteiger charge is -2.43. The molecule has 0 aliphatic carbocycles. The summed E-state index contributed by atoms with van der Waals surface area (Å²) in [4.78, 5) is 2.60. The first-order chi connectivity index (χ1) is 37.8. The molecule has 0 N–H and O–H groups in total. The number of nitrogens with zero attached hydrogens (tertiary/aromatic N) is 2. The van der Waals surface area contributed by atoms with Crippen molar-refractivity contribution in [2.45, 2.75) is 5.92 Å². The number of anilines is 3. The Hall–Kier alpha value is -9.70. The Kier molecular flexibility index (Phi) is 10.4. The van der Waals surface area contributed by atoms with Gasteiger partial charge < -0.3 is 9.47 Å². The maximum atomic E-state index is 2.60. The predicted molar refractivity (Wildman–Crippen MR) is 321 cm³/mol. The highest BCUT2D eigenvalue weighted by Crippen LogP contribution is 2.48. The molecule has 0 saturated carbocycles. The largest absolute Gasteiger partial charge is 0.311 e. The van der Waals surface area contributed by atoms with Crippen LogP contribution < -0.4 is 21.3 Å². The molecule has 1 atom stereocenters. The van der Waals surface area contributed by atoms with E-state index in [2.05, 4.69) is 301 Å². The number of aromatic nitrogens is 1. The number of hydrogen-bond donors (Lipinski definition) is 0. The standard InChI is InChI=1S/C73H49BN2/c1-5-23-49(24-6-1)55-31-13-14-33-57(55)53-43-45-65-64(47-53)71(61-36-16-15-32-56(61)50-25-7-2-8-26-50)63-39-22-42-69-72(63)74(65)66-46-44-54(48-70(66)76(69)67-40-19-17-34-58(67)51-27-9-3-10-28-51)75-68-41-20-18-35-60(68)62-38-21-37-59(73(62)75)52-29-11-4-12-30-52/h1-48,71H. The van der Waals surface area contributed by atoms with Crippen molar-refractivity contribution in [1.29, 1.82) is 0 Å². The van der Waals surface area contributed by atoms with Crippen molar-refractivity contribution in [3.05, 3.63) is 308 Å². The molecule has 0 saturated heterocycles. The SMILES string of the molecule is c1ccc(-c2ccccc2-c2ccc3c(c2)C(c2ccccc2-c2ccccc2)c2cccc4c2B3c2ccc(-n3c5ccccc5c5cccc(-c6ccccc6)c53)cc2N4c2ccccc2-c2ccccc2)cc1. The van der Waals surface area contributed by atoms with Crippen molar-refractivity contribution >= 4 is 62.0 Å². The van der Waals surface area contributed by atoms with Gasteiger partial charge in [-0.3, -0.25) is 0 Å². The first-order valence-corrected chi connectivity index (χ1v) is 26.5. The molecule has 0 amide bonds. The molecule has 0 spiro atoms. The molecule has 3 heteroatoms. The molecule has 0 bridgehead atoms. The normalized spacial score (nSPS) is 13.3. The van der Waals surface area contributed by atoms with Gasteiger partial charge in [0.05, 0.1) is 16.7 Å². The van der Waals surface area contributed by atoms with Gasteiger partial charge in [-0.05, 0) is 102 Å². The quantitative estimate of drug-likeness (QED) is 0.138. The molecule has 2 aliphatic heterocycles. The molecule has 13 aromatic rings. The summed E-state index contributed by atoms with van der Waals surface area (Å²) in [6.45, 7) is -0.0537. The third-order valence-electron chi connectivity index (χ3n) is 16.2. The van der Waals surface area contributed by atoms with Crippen LogP contribution in [-0.4, -0.2) is 11.3 Å². The molecule has 2 nitrogen and oxygen atoms in total. The highest BCUT2D eigenvalue weighted by molar-refractivity contribution is 6.99. The maximum Gasteiger partial charge on any atom is 0.247 e. The van der Waals surface area contributed by atoms with Crippen LogP contribution in [0.2, 0.25) is 0 Å². The van der Waals surface area contributed by atoms with Gasteiger partial charge in [-0.2, -0.15) is 0 Å². The minimum absolute atomic E-state index is 0.0537. The number of benzene rings is 12. The summed E-state index contributed by atoms with van der Waals surface area (Å²) >= 11 is 0. The molecule has 3 heterocycles. The molecule has 2 aliphatic rings. The molecule has 0 radical (unpaired) electrons. The first-order valence-electron chi connectivity index (χ1n) is 26.5. The molecular weight excluding hydrogens is 916 g/mol. The fourth-order valence-corrected chi connectivity index (χ4v) is 13.0. The second-order valence-electron chi connectivity index (χ2n) is 20.2. The van der Waals surface area contributed by atoms with E-state index in [9.17, 15) is 0 Å². The Bertz CT molecular complexity index is 4350. The molecule has 12 aromatic carbocycles. The lowest BCUT2D eigenvalue weighted by Crippen LogP contribution is -2.62. The summed E-state index contributed by atoms with van der Waals surface area (Å²) in [6.07, 6.45) is 0. The lowest BCUT2D eigenvalue weighted by atomic mass is 9.31. The average molecular weight is 965 g/mol. The highest BCUT2D eigenvalue weighted by atomic mass is 15.2. The summed E-state index contributed by atoms with van der Waals surface area (Å²) in [6, 6.07) is 108. The zero-order valence-electron chi connectivity index (χ0n) is 41.8. The Balaban J connectivity index is 1.03. The van der Waals surface area contributed by atoms with Gasteiger partial charge >= 0.3 is 0 Å². The van der Waals surface area contributed by atoms with Crippen molar-refractivity contribution < 1.29 is 0 Å². The summed E-state index contributed by atoms with van der Waals surface area (Å²) in [5, 5.41) is 2.48. The fraction of sp³-hybridized carbons (Fsp3) is 0.0137.